The second-order valence-electron chi connectivity index (χ2n) is 1.63. The first-order valence-corrected chi connectivity index (χ1v) is 2.66. The van der Waals surface area contributed by atoms with Crippen LogP contribution in [0.5, 0.6) is 0 Å². The van der Waals surface area contributed by atoms with Gasteiger partial charge >= 0.3 is 5.97 Å². The number of aliphatic carboxylic acids is 1. The molecule has 0 spiro atoms. The minimum atomic E-state index is -0.907. The zero-order valence-corrected chi connectivity index (χ0v) is 5.37. The summed E-state index contributed by atoms with van der Waals surface area (Å²) in [6.07, 6.45) is 0.177. The highest BCUT2D eigenvalue weighted by Crippen LogP contribution is 1.86. The van der Waals surface area contributed by atoms with Crippen molar-refractivity contribution in [3.8, 4) is 0 Å². The minimum Gasteiger partial charge on any atom is -0.481 e. The van der Waals surface area contributed by atoms with Crippen molar-refractivity contribution >= 4 is 11.8 Å². The number of rotatable bonds is 4. The van der Waals surface area contributed by atoms with Crippen LogP contribution in [0.3, 0.4) is 0 Å². The Labute approximate surface area is 57.9 Å². The number of carbonyl (C=O) groups is 1. The number of carboxylic acids is 1. The third kappa shape index (κ3) is 4.85. The molecule has 0 atom stereocenters. The van der Waals surface area contributed by atoms with Crippen LogP contribution < -0.4 is 17.1 Å². The van der Waals surface area contributed by atoms with Crippen LogP contribution in [0.25, 0.3) is 0 Å². The lowest BCUT2D eigenvalue weighted by atomic mass is 10.3. The average molecular weight is 146 g/mol. The lowest BCUT2D eigenvalue weighted by molar-refractivity contribution is -0.136. The van der Waals surface area contributed by atoms with Crippen LogP contribution in [0, 0.1) is 0 Å². The number of nitrogens with two attached hydrogens (primary N) is 2. The highest BCUT2D eigenvalue weighted by molar-refractivity contribution is 5.83. The highest BCUT2D eigenvalue weighted by Gasteiger charge is 1.98. The van der Waals surface area contributed by atoms with Crippen molar-refractivity contribution in [2.75, 3.05) is 0 Å². The Morgan fingerprint density at radius 1 is 1.60 bits per heavy atom. The lowest BCUT2D eigenvalue weighted by Crippen LogP contribution is -2.22. The van der Waals surface area contributed by atoms with E-state index in [-0.39, 0.29) is 18.7 Å². The van der Waals surface area contributed by atoms with Crippen molar-refractivity contribution in [3.63, 3.8) is 0 Å². The fourth-order valence-corrected chi connectivity index (χ4v) is 0.374. The summed E-state index contributed by atoms with van der Waals surface area (Å²) in [6, 6.07) is 0. The predicted molar refractivity (Wildman–Crippen MR) is 35.8 cm³/mol. The van der Waals surface area contributed by atoms with Crippen LogP contribution in [-0.4, -0.2) is 16.9 Å². The van der Waals surface area contributed by atoms with Gasteiger partial charge < -0.3 is 10.8 Å². The van der Waals surface area contributed by atoms with Crippen LogP contribution in [-0.2, 0) is 4.79 Å². The molecule has 0 saturated carbocycles. The van der Waals surface area contributed by atoms with Crippen molar-refractivity contribution in [1.29, 1.82) is 0 Å². The number of hydrazone groups is 1. The van der Waals surface area contributed by atoms with Crippen LogP contribution in [0.2, 0.25) is 0 Å². The van der Waals surface area contributed by atoms with Gasteiger partial charge in [0, 0.05) is 6.42 Å². The highest BCUT2D eigenvalue weighted by atomic mass is 16.4. The molecule has 0 aliphatic carbocycles. The molecule has 0 rings (SSSR count). The summed E-state index contributed by atoms with van der Waals surface area (Å²) < 4.78 is 0. The molecule has 6 nitrogen and oxygen atoms in total. The van der Waals surface area contributed by atoms with Gasteiger partial charge in [0.2, 0.25) is 0 Å². The van der Waals surface area contributed by atoms with Gasteiger partial charge in [-0.15, -0.1) is 0 Å². The molecule has 0 aliphatic heterocycles. The van der Waals surface area contributed by atoms with Gasteiger partial charge in [-0.05, 0) is 0 Å². The zero-order valence-electron chi connectivity index (χ0n) is 5.37. The van der Waals surface area contributed by atoms with Crippen LogP contribution in [0.4, 0.5) is 0 Å². The molecule has 0 aromatic carbocycles. The van der Waals surface area contributed by atoms with Crippen LogP contribution in [0.15, 0.2) is 5.10 Å². The Balaban J connectivity index is 3.48. The van der Waals surface area contributed by atoms with E-state index in [0.717, 1.165) is 0 Å². The van der Waals surface area contributed by atoms with E-state index >= 15 is 0 Å². The number of hydrogen-bond acceptors (Lipinski definition) is 4. The van der Waals surface area contributed by atoms with E-state index in [1.165, 1.54) is 0 Å². The fourth-order valence-electron chi connectivity index (χ4n) is 0.374. The predicted octanol–water partition coefficient (Wildman–Crippen LogP) is -1.41. The third-order valence-electron chi connectivity index (χ3n) is 0.803. The fraction of sp³-hybridized carbons (Fsp3) is 0.500. The number of nitrogens with one attached hydrogen (secondary N) is 1. The van der Waals surface area contributed by atoms with Gasteiger partial charge in [0.25, 0.3) is 0 Å². The zero-order chi connectivity index (χ0) is 7.98. The Morgan fingerprint density at radius 2 is 2.20 bits per heavy atom. The van der Waals surface area contributed by atoms with Gasteiger partial charge in [-0.1, -0.05) is 0 Å². The Morgan fingerprint density at radius 3 is 2.60 bits per heavy atom. The molecule has 0 unspecified atom stereocenters. The summed E-state index contributed by atoms with van der Waals surface area (Å²) in [4.78, 5) is 9.95. The van der Waals surface area contributed by atoms with Crippen molar-refractivity contribution in [3.05, 3.63) is 0 Å². The smallest absolute Gasteiger partial charge is 0.303 e. The van der Waals surface area contributed by atoms with Crippen LogP contribution in [0.1, 0.15) is 12.8 Å². The van der Waals surface area contributed by atoms with Gasteiger partial charge in [-0.2, -0.15) is 5.10 Å². The molecule has 0 aromatic rings. The molecule has 0 aromatic heterocycles. The van der Waals surface area contributed by atoms with Gasteiger partial charge in [-0.25, -0.2) is 11.4 Å². The normalized spacial score (nSPS) is 11.1. The van der Waals surface area contributed by atoms with E-state index in [1.807, 2.05) is 5.53 Å². The van der Waals surface area contributed by atoms with Gasteiger partial charge in [-0.3, -0.25) is 4.79 Å². The second-order valence-corrected chi connectivity index (χ2v) is 1.63. The average Bonchev–Trinajstić information content (AvgIpc) is 1.85. The van der Waals surface area contributed by atoms with E-state index < -0.39 is 5.97 Å². The van der Waals surface area contributed by atoms with Crippen LogP contribution >= 0.6 is 0 Å². The molecule has 10 heavy (non-hydrogen) atoms. The standard InChI is InChI=1S/C4H10N4O2/c5-3(7-8-6)1-2-4(9)10/h8H,1-2,6H2,(H2,5,7)(H,9,10). The molecule has 6 heteroatoms. The minimum absolute atomic E-state index is 0.0307. The van der Waals surface area contributed by atoms with E-state index in [4.69, 9.17) is 16.7 Å². The van der Waals surface area contributed by atoms with E-state index in [0.29, 0.717) is 0 Å². The Bertz CT molecular complexity index is 144. The number of hydrogen-bond donors (Lipinski definition) is 4. The van der Waals surface area contributed by atoms with Crippen molar-refractivity contribution in [2.45, 2.75) is 12.8 Å². The molecule has 0 aliphatic rings. The quantitative estimate of drug-likeness (QED) is 0.168. The number of hydrazine groups is 1. The summed E-state index contributed by atoms with van der Waals surface area (Å²) in [5, 5.41) is 11.5. The monoisotopic (exact) mass is 146 g/mol. The summed E-state index contributed by atoms with van der Waals surface area (Å²) in [6.45, 7) is 0. The maximum absolute atomic E-state index is 9.95. The SMILES string of the molecule is NN/N=C(\N)CCC(=O)O. The van der Waals surface area contributed by atoms with Crippen molar-refractivity contribution < 1.29 is 9.90 Å². The van der Waals surface area contributed by atoms with Crippen molar-refractivity contribution in [2.24, 2.45) is 16.7 Å². The Hall–Kier alpha value is -1.30. The topological polar surface area (TPSA) is 114 Å². The molecule has 0 heterocycles. The van der Waals surface area contributed by atoms with Gasteiger partial charge in [0.15, 0.2) is 0 Å². The van der Waals surface area contributed by atoms with Gasteiger partial charge in [0.05, 0.1) is 6.42 Å². The maximum Gasteiger partial charge on any atom is 0.303 e. The number of amidine groups is 1. The second kappa shape index (κ2) is 4.57. The van der Waals surface area contributed by atoms with E-state index in [2.05, 4.69) is 5.10 Å². The third-order valence-corrected chi connectivity index (χ3v) is 0.803. The lowest BCUT2D eigenvalue weighted by Gasteiger charge is -1.95. The molecule has 58 valence electrons. The molecule has 0 saturated heterocycles. The molecular formula is C4H10N4O2. The first kappa shape index (κ1) is 8.70. The van der Waals surface area contributed by atoms with E-state index in [9.17, 15) is 4.79 Å². The molecule has 0 radical (unpaired) electrons. The first-order valence-electron chi connectivity index (χ1n) is 2.66. The molecule has 0 amide bonds. The first-order chi connectivity index (χ1) is 4.66. The maximum atomic E-state index is 9.95. The summed E-state index contributed by atoms with van der Waals surface area (Å²) in [5.41, 5.74) is 7.14. The summed E-state index contributed by atoms with van der Waals surface area (Å²) >= 11 is 0. The summed E-state index contributed by atoms with van der Waals surface area (Å²) in [7, 11) is 0. The summed E-state index contributed by atoms with van der Waals surface area (Å²) in [5.74, 6) is 4.05. The van der Waals surface area contributed by atoms with Crippen molar-refractivity contribution in [1.82, 2.24) is 5.53 Å². The molecule has 0 fully saturated rings. The van der Waals surface area contributed by atoms with Gasteiger partial charge in [0.1, 0.15) is 5.84 Å². The molecule has 0 bridgehead atoms. The Kier molecular flexibility index (Phi) is 3.97. The number of carboxylic acid groups (broad SMARTS) is 1. The molecule has 6 N–H and O–H groups in total. The molecular weight excluding hydrogens is 136 g/mol. The number of nitrogens with zero attached hydrogens (tertiary/aromatic N) is 1. The largest absolute Gasteiger partial charge is 0.481 e. The van der Waals surface area contributed by atoms with E-state index in [1.54, 1.807) is 0 Å².